The van der Waals surface area contributed by atoms with Crippen LogP contribution in [0.4, 0.5) is 0 Å². The van der Waals surface area contributed by atoms with Gasteiger partial charge >= 0.3 is 5.97 Å². The van der Waals surface area contributed by atoms with E-state index in [1.807, 2.05) is 0 Å². The maximum absolute atomic E-state index is 12.0. The number of carbonyl (C=O) groups excluding carboxylic acids is 1. The molecule has 0 amide bonds. The molecule has 1 atom stereocenters. The monoisotopic (exact) mass is 288 g/mol. The fraction of sp³-hybridized carbons (Fsp3) is 0.133. The van der Waals surface area contributed by atoms with Crippen LogP contribution in [0, 0.1) is 0 Å². The second-order valence-electron chi connectivity index (χ2n) is 4.85. The summed E-state index contributed by atoms with van der Waals surface area (Å²) in [6, 6.07) is 6.60. The number of rotatable bonds is 1. The van der Waals surface area contributed by atoms with E-state index >= 15 is 0 Å². The van der Waals surface area contributed by atoms with Gasteiger partial charge in [0.2, 0.25) is 0 Å². The Morgan fingerprint density at radius 1 is 0.952 bits per heavy atom. The number of fused-ring (bicyclic) bond motifs is 1. The highest BCUT2D eigenvalue weighted by Crippen LogP contribution is 2.38. The van der Waals surface area contributed by atoms with E-state index < -0.39 is 12.1 Å². The van der Waals surface area contributed by atoms with Crippen LogP contribution in [-0.4, -0.2) is 26.4 Å². The van der Waals surface area contributed by atoms with Crippen molar-refractivity contribution in [2.24, 2.45) is 0 Å². The maximum atomic E-state index is 12.0. The van der Waals surface area contributed by atoms with Crippen LogP contribution in [0.1, 0.15) is 27.6 Å². The van der Waals surface area contributed by atoms with Gasteiger partial charge in [-0.05, 0) is 29.3 Å². The predicted octanol–water partition coefficient (Wildman–Crippen LogP) is 1.96. The van der Waals surface area contributed by atoms with Gasteiger partial charge in [-0.2, -0.15) is 0 Å². The van der Waals surface area contributed by atoms with Crippen LogP contribution in [0.5, 0.6) is 23.0 Å². The predicted molar refractivity (Wildman–Crippen MR) is 71.4 cm³/mol. The second kappa shape index (κ2) is 4.59. The van der Waals surface area contributed by atoms with E-state index in [0.29, 0.717) is 11.1 Å². The molecule has 0 saturated heterocycles. The summed E-state index contributed by atoms with van der Waals surface area (Å²) in [6.45, 7) is 0. The molecule has 2 aromatic rings. The van der Waals surface area contributed by atoms with Gasteiger partial charge in [-0.3, -0.25) is 0 Å². The van der Waals surface area contributed by atoms with E-state index in [1.54, 1.807) is 0 Å². The maximum Gasteiger partial charge on any atom is 0.342 e. The van der Waals surface area contributed by atoms with Crippen molar-refractivity contribution in [1.82, 2.24) is 0 Å². The molecule has 108 valence electrons. The number of esters is 1. The van der Waals surface area contributed by atoms with Gasteiger partial charge in [0, 0.05) is 12.5 Å². The van der Waals surface area contributed by atoms with Crippen LogP contribution < -0.4 is 0 Å². The van der Waals surface area contributed by atoms with Crippen LogP contribution in [-0.2, 0) is 11.2 Å². The van der Waals surface area contributed by atoms with Crippen molar-refractivity contribution in [3.05, 3.63) is 47.0 Å². The summed E-state index contributed by atoms with van der Waals surface area (Å²) in [4.78, 5) is 12.0. The summed E-state index contributed by atoms with van der Waals surface area (Å²) in [5, 5.41) is 38.0. The summed E-state index contributed by atoms with van der Waals surface area (Å²) in [6.07, 6.45) is -0.425. The van der Waals surface area contributed by atoms with Crippen molar-refractivity contribution < 1.29 is 30.0 Å². The first-order valence-corrected chi connectivity index (χ1v) is 6.23. The van der Waals surface area contributed by atoms with Crippen molar-refractivity contribution in [1.29, 1.82) is 0 Å². The molecule has 0 aliphatic carbocycles. The normalized spacial score (nSPS) is 17.1. The van der Waals surface area contributed by atoms with E-state index in [9.17, 15) is 25.2 Å². The fourth-order valence-electron chi connectivity index (χ4n) is 2.42. The number of phenolic OH excluding ortho intramolecular Hbond substituents is 4. The molecule has 3 rings (SSSR count). The number of ether oxygens (including phenoxy) is 1. The third-order valence-corrected chi connectivity index (χ3v) is 3.41. The number of hydrogen-bond acceptors (Lipinski definition) is 6. The molecule has 6 heteroatoms. The molecule has 0 radical (unpaired) electrons. The average Bonchev–Trinajstić information content (AvgIpc) is 2.40. The van der Waals surface area contributed by atoms with Crippen LogP contribution in [0.2, 0.25) is 0 Å². The van der Waals surface area contributed by atoms with Gasteiger partial charge in [0.15, 0.2) is 11.5 Å². The number of aromatic hydroxyl groups is 4. The number of phenols is 4. The molecule has 0 unspecified atom stereocenters. The van der Waals surface area contributed by atoms with Crippen LogP contribution in [0.3, 0.4) is 0 Å². The topological polar surface area (TPSA) is 107 Å². The summed E-state index contributed by atoms with van der Waals surface area (Å²) >= 11 is 0. The van der Waals surface area contributed by atoms with Gasteiger partial charge in [0.25, 0.3) is 0 Å². The van der Waals surface area contributed by atoms with E-state index in [2.05, 4.69) is 0 Å². The molecule has 1 aliphatic heterocycles. The molecule has 1 aliphatic rings. The van der Waals surface area contributed by atoms with E-state index in [1.165, 1.54) is 24.3 Å². The van der Waals surface area contributed by atoms with Crippen LogP contribution in [0.15, 0.2) is 30.3 Å². The number of cyclic esters (lactones) is 1. The Balaban J connectivity index is 2.01. The lowest BCUT2D eigenvalue weighted by atomic mass is 9.93. The third kappa shape index (κ3) is 2.20. The van der Waals surface area contributed by atoms with Gasteiger partial charge in [-0.25, -0.2) is 4.79 Å². The highest BCUT2D eigenvalue weighted by atomic mass is 16.5. The van der Waals surface area contributed by atoms with Gasteiger partial charge in [0.1, 0.15) is 23.2 Å². The SMILES string of the molecule is O=C1O[C@@H](c2ccc(O)c(O)c2)Cc2cc(O)cc(O)c21. The second-order valence-corrected chi connectivity index (χ2v) is 4.85. The Morgan fingerprint density at radius 2 is 1.71 bits per heavy atom. The number of benzene rings is 2. The zero-order chi connectivity index (χ0) is 15.1. The number of carbonyl (C=O) groups is 1. The summed E-state index contributed by atoms with van der Waals surface area (Å²) in [7, 11) is 0. The standard InChI is InChI=1S/C15H12O6/c16-9-3-8-5-13(7-1-2-10(17)11(18)4-7)21-15(20)14(8)12(19)6-9/h1-4,6,13,16-19H,5H2/t13-/m1/s1. The molecule has 1 heterocycles. The Bertz CT molecular complexity index is 737. The van der Waals surface area contributed by atoms with Crippen LogP contribution in [0.25, 0.3) is 0 Å². The Kier molecular flexibility index (Phi) is 2.86. The highest BCUT2D eigenvalue weighted by Gasteiger charge is 2.30. The Morgan fingerprint density at radius 3 is 2.43 bits per heavy atom. The molecule has 0 aromatic heterocycles. The van der Waals surface area contributed by atoms with Gasteiger partial charge < -0.3 is 25.2 Å². The summed E-state index contributed by atoms with van der Waals surface area (Å²) in [5.41, 5.74) is 1.00. The largest absolute Gasteiger partial charge is 0.508 e. The first kappa shape index (κ1) is 13.1. The zero-order valence-corrected chi connectivity index (χ0v) is 10.8. The minimum absolute atomic E-state index is 0.0343. The smallest absolute Gasteiger partial charge is 0.342 e. The highest BCUT2D eigenvalue weighted by molar-refractivity contribution is 5.95. The van der Waals surface area contributed by atoms with E-state index in [-0.39, 0.29) is 35.0 Å². The van der Waals surface area contributed by atoms with Crippen LogP contribution >= 0.6 is 0 Å². The quantitative estimate of drug-likeness (QED) is 0.472. The minimum Gasteiger partial charge on any atom is -0.508 e. The lowest BCUT2D eigenvalue weighted by molar-refractivity contribution is 0.0248. The van der Waals surface area contributed by atoms with Crippen molar-refractivity contribution in [3.63, 3.8) is 0 Å². The molecule has 0 fully saturated rings. The minimum atomic E-state index is -0.702. The summed E-state index contributed by atoms with van der Waals surface area (Å²) in [5.74, 6) is -1.76. The molecule has 6 nitrogen and oxygen atoms in total. The van der Waals surface area contributed by atoms with Gasteiger partial charge in [-0.1, -0.05) is 6.07 Å². The molecule has 0 bridgehead atoms. The summed E-state index contributed by atoms with van der Waals surface area (Å²) < 4.78 is 5.24. The van der Waals surface area contributed by atoms with Crippen molar-refractivity contribution >= 4 is 5.97 Å². The van der Waals surface area contributed by atoms with Gasteiger partial charge in [0.05, 0.1) is 0 Å². The lowest BCUT2D eigenvalue weighted by Gasteiger charge is -2.25. The Labute approximate surface area is 119 Å². The van der Waals surface area contributed by atoms with E-state index in [4.69, 9.17) is 4.74 Å². The first-order chi connectivity index (χ1) is 9.95. The fourth-order valence-corrected chi connectivity index (χ4v) is 2.42. The lowest BCUT2D eigenvalue weighted by Crippen LogP contribution is -2.21. The molecule has 4 N–H and O–H groups in total. The van der Waals surface area contributed by atoms with Crippen molar-refractivity contribution in [2.45, 2.75) is 12.5 Å². The molecular weight excluding hydrogens is 276 g/mol. The molecule has 21 heavy (non-hydrogen) atoms. The third-order valence-electron chi connectivity index (χ3n) is 3.41. The average molecular weight is 288 g/mol. The molecule has 2 aromatic carbocycles. The number of hydrogen-bond donors (Lipinski definition) is 4. The Hall–Kier alpha value is -2.89. The van der Waals surface area contributed by atoms with Crippen molar-refractivity contribution in [2.75, 3.05) is 0 Å². The first-order valence-electron chi connectivity index (χ1n) is 6.23. The molecule has 0 spiro atoms. The van der Waals surface area contributed by atoms with Gasteiger partial charge in [-0.15, -0.1) is 0 Å². The molecule has 0 saturated carbocycles. The zero-order valence-electron chi connectivity index (χ0n) is 10.8. The molecular formula is C15H12O6. The van der Waals surface area contributed by atoms with Crippen molar-refractivity contribution in [3.8, 4) is 23.0 Å². The van der Waals surface area contributed by atoms with E-state index in [0.717, 1.165) is 6.07 Å².